The Kier molecular flexibility index (Phi) is 4.14. The Hall–Kier alpha value is -0.390. The van der Waals surface area contributed by atoms with Crippen LogP contribution in [0.3, 0.4) is 0 Å². The highest BCUT2D eigenvalue weighted by Gasteiger charge is 2.43. The summed E-state index contributed by atoms with van der Waals surface area (Å²) in [5.74, 6) is 0.295. The molecule has 1 fully saturated rings. The lowest BCUT2D eigenvalue weighted by Crippen LogP contribution is -2.33. The zero-order valence-electron chi connectivity index (χ0n) is 11.4. The van der Waals surface area contributed by atoms with Gasteiger partial charge in [0.05, 0.1) is 22.9 Å². The highest BCUT2D eigenvalue weighted by atomic mass is 79.9. The molecule has 4 nitrogen and oxygen atoms in total. The van der Waals surface area contributed by atoms with Crippen LogP contribution in [0.1, 0.15) is 31.9 Å². The first-order valence-corrected chi connectivity index (χ1v) is 7.33. The van der Waals surface area contributed by atoms with Gasteiger partial charge in [0.2, 0.25) is 0 Å². The van der Waals surface area contributed by atoms with Gasteiger partial charge in [-0.1, -0.05) is 6.92 Å². The summed E-state index contributed by atoms with van der Waals surface area (Å²) in [6, 6.07) is 0. The molecule has 0 aromatic carbocycles. The number of aromatic nitrogens is 2. The molecule has 0 amide bonds. The minimum Gasteiger partial charge on any atom is -0.383 e. The molecule has 1 aromatic rings. The van der Waals surface area contributed by atoms with Crippen molar-refractivity contribution in [3.63, 3.8) is 0 Å². The third kappa shape index (κ3) is 2.49. The molecule has 0 saturated heterocycles. The third-order valence-electron chi connectivity index (χ3n) is 3.97. The van der Waals surface area contributed by atoms with Crippen molar-refractivity contribution in [3.8, 4) is 0 Å². The van der Waals surface area contributed by atoms with Gasteiger partial charge in [-0.3, -0.25) is 4.68 Å². The van der Waals surface area contributed by atoms with Gasteiger partial charge in [-0.15, -0.1) is 0 Å². The zero-order valence-corrected chi connectivity index (χ0v) is 12.9. The van der Waals surface area contributed by atoms with E-state index in [2.05, 4.69) is 32.9 Å². The molecule has 18 heavy (non-hydrogen) atoms. The standard InChI is InChI=1S/C13H22BrN3O/c1-10-5-4-6-13(10,18)12-11(14)9-15-17(12)8-7-16(2)3/h9-10,18H,4-8H2,1-3H3. The predicted octanol–water partition coefficient (Wildman–Crippen LogP) is 2.21. The summed E-state index contributed by atoms with van der Waals surface area (Å²) in [4.78, 5) is 2.13. The maximum Gasteiger partial charge on any atom is 0.110 e. The van der Waals surface area contributed by atoms with Gasteiger partial charge < -0.3 is 10.0 Å². The molecule has 1 N–H and O–H groups in total. The van der Waals surface area contributed by atoms with E-state index in [-0.39, 0.29) is 0 Å². The molecule has 0 bridgehead atoms. The van der Waals surface area contributed by atoms with Crippen LogP contribution in [0.15, 0.2) is 10.7 Å². The van der Waals surface area contributed by atoms with Crippen LogP contribution < -0.4 is 0 Å². The Balaban J connectivity index is 2.29. The Labute approximate surface area is 117 Å². The van der Waals surface area contributed by atoms with E-state index < -0.39 is 5.60 Å². The third-order valence-corrected chi connectivity index (χ3v) is 4.55. The second-order valence-electron chi connectivity index (χ2n) is 5.59. The van der Waals surface area contributed by atoms with Crippen LogP contribution in [0.25, 0.3) is 0 Å². The molecule has 0 radical (unpaired) electrons. The highest BCUT2D eigenvalue weighted by Crippen LogP contribution is 2.45. The second-order valence-corrected chi connectivity index (χ2v) is 6.44. The van der Waals surface area contributed by atoms with Crippen molar-refractivity contribution < 1.29 is 5.11 Å². The summed E-state index contributed by atoms with van der Waals surface area (Å²) in [5.41, 5.74) is 0.233. The molecule has 1 saturated carbocycles. The van der Waals surface area contributed by atoms with Crippen molar-refractivity contribution in [2.75, 3.05) is 20.6 Å². The lowest BCUT2D eigenvalue weighted by molar-refractivity contribution is -0.00504. The van der Waals surface area contributed by atoms with Gasteiger partial charge in [-0.05, 0) is 55.2 Å². The van der Waals surface area contributed by atoms with Gasteiger partial charge >= 0.3 is 0 Å². The average molecular weight is 316 g/mol. The van der Waals surface area contributed by atoms with Crippen molar-refractivity contribution in [1.82, 2.24) is 14.7 Å². The van der Waals surface area contributed by atoms with Gasteiger partial charge in [-0.25, -0.2) is 0 Å². The normalized spacial score (nSPS) is 28.2. The first-order chi connectivity index (χ1) is 8.45. The number of nitrogens with zero attached hydrogens (tertiary/aromatic N) is 3. The quantitative estimate of drug-likeness (QED) is 0.926. The predicted molar refractivity (Wildman–Crippen MR) is 75.4 cm³/mol. The molecule has 102 valence electrons. The Morgan fingerprint density at radius 2 is 2.33 bits per heavy atom. The van der Waals surface area contributed by atoms with Crippen LogP contribution in [-0.2, 0) is 12.1 Å². The summed E-state index contributed by atoms with van der Waals surface area (Å²) in [7, 11) is 4.09. The van der Waals surface area contributed by atoms with E-state index in [1.807, 2.05) is 18.8 Å². The molecule has 1 aromatic heterocycles. The number of aliphatic hydroxyl groups is 1. The topological polar surface area (TPSA) is 41.3 Å². The SMILES string of the molecule is CC1CCCC1(O)c1c(Br)cnn1CCN(C)C. The summed E-state index contributed by atoms with van der Waals surface area (Å²) >= 11 is 3.54. The molecule has 1 aliphatic rings. The first kappa shape index (κ1) is 14.0. The van der Waals surface area contributed by atoms with Crippen molar-refractivity contribution >= 4 is 15.9 Å². The fraction of sp³-hybridized carbons (Fsp3) is 0.769. The van der Waals surface area contributed by atoms with Crippen LogP contribution in [0.5, 0.6) is 0 Å². The minimum atomic E-state index is -0.721. The van der Waals surface area contributed by atoms with Gasteiger partial charge in [0, 0.05) is 6.54 Å². The Morgan fingerprint density at radius 1 is 1.61 bits per heavy atom. The summed E-state index contributed by atoms with van der Waals surface area (Å²) in [5, 5.41) is 15.3. The van der Waals surface area contributed by atoms with Crippen molar-refractivity contribution in [2.45, 2.75) is 38.3 Å². The van der Waals surface area contributed by atoms with E-state index in [1.165, 1.54) is 0 Å². The Morgan fingerprint density at radius 3 is 2.89 bits per heavy atom. The van der Waals surface area contributed by atoms with Crippen LogP contribution in [0, 0.1) is 5.92 Å². The monoisotopic (exact) mass is 315 g/mol. The van der Waals surface area contributed by atoms with Crippen LogP contribution >= 0.6 is 15.9 Å². The molecule has 2 rings (SSSR count). The molecule has 0 spiro atoms. The van der Waals surface area contributed by atoms with E-state index in [9.17, 15) is 5.11 Å². The van der Waals surface area contributed by atoms with Gasteiger partial charge in [0.15, 0.2) is 0 Å². The van der Waals surface area contributed by atoms with Crippen LogP contribution in [-0.4, -0.2) is 40.4 Å². The highest BCUT2D eigenvalue weighted by molar-refractivity contribution is 9.10. The van der Waals surface area contributed by atoms with Gasteiger partial charge in [0.25, 0.3) is 0 Å². The summed E-state index contributed by atoms with van der Waals surface area (Å²) in [6.45, 7) is 3.86. The van der Waals surface area contributed by atoms with Crippen LogP contribution in [0.4, 0.5) is 0 Å². The van der Waals surface area contributed by atoms with E-state index in [4.69, 9.17) is 0 Å². The zero-order chi connectivity index (χ0) is 13.3. The fourth-order valence-electron chi connectivity index (χ4n) is 2.77. The van der Waals surface area contributed by atoms with Crippen molar-refractivity contribution in [2.24, 2.45) is 5.92 Å². The van der Waals surface area contributed by atoms with Crippen molar-refractivity contribution in [3.05, 3.63) is 16.4 Å². The van der Waals surface area contributed by atoms with E-state index >= 15 is 0 Å². The molecule has 1 heterocycles. The van der Waals surface area contributed by atoms with E-state index in [0.29, 0.717) is 5.92 Å². The van der Waals surface area contributed by atoms with E-state index in [1.54, 1.807) is 6.20 Å². The van der Waals surface area contributed by atoms with Crippen molar-refractivity contribution in [1.29, 1.82) is 0 Å². The second kappa shape index (κ2) is 5.31. The molecule has 0 aliphatic heterocycles. The first-order valence-electron chi connectivity index (χ1n) is 6.54. The molecular weight excluding hydrogens is 294 g/mol. The van der Waals surface area contributed by atoms with Gasteiger partial charge in [0.1, 0.15) is 5.60 Å². The molecule has 5 heteroatoms. The maximum atomic E-state index is 10.9. The smallest absolute Gasteiger partial charge is 0.110 e. The molecule has 2 unspecified atom stereocenters. The molecule has 2 atom stereocenters. The maximum absolute atomic E-state index is 10.9. The molecular formula is C13H22BrN3O. The lowest BCUT2D eigenvalue weighted by atomic mass is 9.89. The molecule has 1 aliphatic carbocycles. The number of hydrogen-bond donors (Lipinski definition) is 1. The number of likely N-dealkylation sites (N-methyl/N-ethyl adjacent to an activating group) is 1. The lowest BCUT2D eigenvalue weighted by Gasteiger charge is -2.29. The largest absolute Gasteiger partial charge is 0.383 e. The number of hydrogen-bond acceptors (Lipinski definition) is 3. The number of halogens is 1. The minimum absolute atomic E-state index is 0.295. The van der Waals surface area contributed by atoms with Gasteiger partial charge in [-0.2, -0.15) is 5.10 Å². The average Bonchev–Trinajstić information content (AvgIpc) is 2.82. The fourth-order valence-corrected chi connectivity index (χ4v) is 3.41. The van der Waals surface area contributed by atoms with E-state index in [0.717, 1.165) is 42.5 Å². The Bertz CT molecular complexity index is 418. The summed E-state index contributed by atoms with van der Waals surface area (Å²) < 4.78 is 2.88. The summed E-state index contributed by atoms with van der Waals surface area (Å²) in [6.07, 6.45) is 4.80. The van der Waals surface area contributed by atoms with Crippen LogP contribution in [0.2, 0.25) is 0 Å². The number of rotatable bonds is 4.